The molecule has 2 aliphatic rings. The first-order valence-corrected chi connectivity index (χ1v) is 10.8. The van der Waals surface area contributed by atoms with Crippen LogP contribution in [-0.2, 0) is 6.54 Å². The van der Waals surface area contributed by atoms with Gasteiger partial charge in [-0.25, -0.2) is 9.18 Å². The van der Waals surface area contributed by atoms with Gasteiger partial charge in [0.1, 0.15) is 18.2 Å². The summed E-state index contributed by atoms with van der Waals surface area (Å²) in [6.07, 6.45) is 1.10. The lowest BCUT2D eigenvalue weighted by Gasteiger charge is -2.42. The van der Waals surface area contributed by atoms with Crippen LogP contribution in [-0.4, -0.2) is 65.4 Å². The van der Waals surface area contributed by atoms with Crippen LogP contribution < -0.4 is 10.1 Å². The van der Waals surface area contributed by atoms with Gasteiger partial charge in [-0.1, -0.05) is 12.1 Å². The van der Waals surface area contributed by atoms with Crippen molar-refractivity contribution in [3.05, 3.63) is 65.5 Å². The largest absolute Gasteiger partial charge is 0.491 e. The first kappa shape index (κ1) is 22.1. The molecule has 2 aliphatic heterocycles. The molecule has 2 unspecified atom stereocenters. The van der Waals surface area contributed by atoms with Crippen LogP contribution in [0.3, 0.4) is 0 Å². The topological polar surface area (TPSA) is 88.8 Å². The van der Waals surface area contributed by atoms with Crippen molar-refractivity contribution in [3.63, 3.8) is 0 Å². The van der Waals surface area contributed by atoms with Crippen LogP contribution in [0.25, 0.3) is 0 Å². The van der Waals surface area contributed by atoms with Crippen LogP contribution in [0, 0.1) is 17.1 Å². The molecule has 32 heavy (non-hydrogen) atoms. The highest BCUT2D eigenvalue weighted by Gasteiger charge is 2.40. The third kappa shape index (κ3) is 5.55. The zero-order chi connectivity index (χ0) is 22.5. The van der Waals surface area contributed by atoms with E-state index in [0.717, 1.165) is 38.0 Å². The van der Waals surface area contributed by atoms with Crippen molar-refractivity contribution in [2.24, 2.45) is 0 Å². The van der Waals surface area contributed by atoms with Gasteiger partial charge in [-0.15, -0.1) is 0 Å². The van der Waals surface area contributed by atoms with Crippen LogP contribution in [0.4, 0.5) is 9.18 Å². The fourth-order valence-electron chi connectivity index (χ4n) is 4.74. The lowest BCUT2D eigenvalue weighted by molar-refractivity contribution is 0.0497. The number of likely N-dealkylation sites (tertiary alicyclic amines) is 1. The van der Waals surface area contributed by atoms with Gasteiger partial charge < -0.3 is 15.2 Å². The monoisotopic (exact) mass is 438 g/mol. The number of rotatable bonds is 8. The van der Waals surface area contributed by atoms with Crippen LogP contribution in [0.2, 0.25) is 0 Å². The van der Waals surface area contributed by atoms with Gasteiger partial charge in [0.05, 0.1) is 17.7 Å². The smallest absolute Gasteiger partial charge is 0.405 e. The molecule has 4 rings (SSSR count). The minimum atomic E-state index is -1.07. The number of fused-ring (bicyclic) bond motifs is 2. The molecular weight excluding hydrogens is 411 g/mol. The third-order valence-corrected chi connectivity index (χ3v) is 6.22. The Balaban J connectivity index is 1.34. The van der Waals surface area contributed by atoms with E-state index in [-0.39, 0.29) is 18.5 Å². The highest BCUT2D eigenvalue weighted by molar-refractivity contribution is 5.64. The van der Waals surface area contributed by atoms with Crippen LogP contribution in [0.5, 0.6) is 5.75 Å². The maximum Gasteiger partial charge on any atom is 0.405 e. The third-order valence-electron chi connectivity index (χ3n) is 6.22. The average Bonchev–Trinajstić information content (AvgIpc) is 3.01. The van der Waals surface area contributed by atoms with E-state index in [1.165, 1.54) is 12.1 Å². The molecule has 2 N–H and O–H groups in total. The molecule has 3 atom stereocenters. The van der Waals surface area contributed by atoms with Gasteiger partial charge in [0.2, 0.25) is 0 Å². The summed E-state index contributed by atoms with van der Waals surface area (Å²) in [6.45, 7) is 3.41. The second-order valence-electron chi connectivity index (χ2n) is 8.50. The molecule has 7 nitrogen and oxygen atoms in total. The van der Waals surface area contributed by atoms with Crippen molar-refractivity contribution in [1.29, 1.82) is 5.26 Å². The Morgan fingerprint density at radius 1 is 1.16 bits per heavy atom. The molecule has 2 heterocycles. The molecule has 0 aliphatic carbocycles. The highest BCUT2D eigenvalue weighted by atomic mass is 19.1. The van der Waals surface area contributed by atoms with Gasteiger partial charge in [0, 0.05) is 38.3 Å². The van der Waals surface area contributed by atoms with Crippen molar-refractivity contribution in [3.8, 4) is 11.8 Å². The molecule has 0 aromatic heterocycles. The standard InChI is InChI=1S/C24H27FN4O3/c25-19-5-1-18(2-6-19)12-28-14-21-7-8-22(15-28)29(21)13-20(27-24(30)31)16-32-23-9-3-17(11-26)4-10-23/h1-6,9-10,20-22,27H,7-8,12-16H2,(H,30,31)/t20-,21?,22?/m0/s1. The van der Waals surface area contributed by atoms with Gasteiger partial charge in [0.15, 0.2) is 0 Å². The molecule has 0 radical (unpaired) electrons. The van der Waals surface area contributed by atoms with E-state index in [0.29, 0.717) is 29.9 Å². The van der Waals surface area contributed by atoms with E-state index in [1.54, 1.807) is 24.3 Å². The average molecular weight is 439 g/mol. The number of hydrogen-bond acceptors (Lipinski definition) is 5. The van der Waals surface area contributed by atoms with E-state index in [2.05, 4.69) is 21.2 Å². The SMILES string of the molecule is N#Cc1ccc(OC[C@H](CN2C3CCC2CN(Cc2ccc(F)cc2)C3)NC(=O)O)cc1. The van der Waals surface area contributed by atoms with Crippen molar-refractivity contribution >= 4 is 6.09 Å². The summed E-state index contributed by atoms with van der Waals surface area (Å²) < 4.78 is 19.0. The fraction of sp³-hybridized carbons (Fsp3) is 0.417. The summed E-state index contributed by atoms with van der Waals surface area (Å²) >= 11 is 0. The first-order chi connectivity index (χ1) is 15.5. The zero-order valence-electron chi connectivity index (χ0n) is 17.8. The maximum absolute atomic E-state index is 13.2. The summed E-state index contributed by atoms with van der Waals surface area (Å²) in [5.74, 6) is 0.382. The predicted octanol–water partition coefficient (Wildman–Crippen LogP) is 3.06. The van der Waals surface area contributed by atoms with E-state index in [1.807, 2.05) is 12.1 Å². The van der Waals surface area contributed by atoms with Gasteiger partial charge >= 0.3 is 6.09 Å². The summed E-state index contributed by atoms with van der Waals surface area (Å²) in [5, 5.41) is 20.8. The van der Waals surface area contributed by atoms with Gasteiger partial charge in [-0.3, -0.25) is 9.80 Å². The molecule has 1 amide bonds. The number of amides is 1. The van der Waals surface area contributed by atoms with Crippen LogP contribution in [0.1, 0.15) is 24.0 Å². The van der Waals surface area contributed by atoms with Crippen LogP contribution in [0.15, 0.2) is 48.5 Å². The maximum atomic E-state index is 13.2. The van der Waals surface area contributed by atoms with E-state index in [9.17, 15) is 14.3 Å². The number of halogens is 1. The second kappa shape index (κ2) is 9.98. The molecule has 2 saturated heterocycles. The highest BCUT2D eigenvalue weighted by Crippen LogP contribution is 2.31. The van der Waals surface area contributed by atoms with E-state index >= 15 is 0 Å². The lowest BCUT2D eigenvalue weighted by Crippen LogP contribution is -2.57. The number of ether oxygens (including phenoxy) is 1. The number of nitrogens with one attached hydrogen (secondary N) is 1. The van der Waals surface area contributed by atoms with E-state index < -0.39 is 6.09 Å². The summed E-state index contributed by atoms with van der Waals surface area (Å²) in [5.41, 5.74) is 1.65. The molecule has 0 saturated carbocycles. The molecule has 2 aromatic rings. The normalized spacial score (nSPS) is 21.6. The molecular formula is C24H27FN4O3. The number of nitrogens with zero attached hydrogens (tertiary/aromatic N) is 3. The molecule has 2 aromatic carbocycles. The number of piperazine rings is 1. The molecule has 0 spiro atoms. The zero-order valence-corrected chi connectivity index (χ0v) is 17.8. The number of benzene rings is 2. The fourth-order valence-corrected chi connectivity index (χ4v) is 4.74. The quantitative estimate of drug-likeness (QED) is 0.659. The van der Waals surface area contributed by atoms with E-state index in [4.69, 9.17) is 10.00 Å². The summed E-state index contributed by atoms with van der Waals surface area (Å²) in [4.78, 5) is 16.2. The van der Waals surface area contributed by atoms with Crippen molar-refractivity contribution in [1.82, 2.24) is 15.1 Å². The number of carbonyl (C=O) groups is 1. The van der Waals surface area contributed by atoms with Gasteiger partial charge in [-0.05, 0) is 54.8 Å². The molecule has 8 heteroatoms. The predicted molar refractivity (Wildman–Crippen MR) is 117 cm³/mol. The Bertz CT molecular complexity index is 947. The van der Waals surface area contributed by atoms with Crippen molar-refractivity contribution in [2.75, 3.05) is 26.2 Å². The first-order valence-electron chi connectivity index (χ1n) is 10.8. The number of hydrogen-bond donors (Lipinski definition) is 2. The minimum Gasteiger partial charge on any atom is -0.491 e. The Morgan fingerprint density at radius 3 is 2.41 bits per heavy atom. The summed E-state index contributed by atoms with van der Waals surface area (Å²) in [6, 6.07) is 15.9. The molecule has 2 fully saturated rings. The number of carboxylic acid groups (broad SMARTS) is 1. The van der Waals surface area contributed by atoms with Crippen molar-refractivity contribution in [2.45, 2.75) is 37.5 Å². The number of nitriles is 1. The molecule has 168 valence electrons. The summed E-state index contributed by atoms with van der Waals surface area (Å²) in [7, 11) is 0. The van der Waals surface area contributed by atoms with Crippen LogP contribution >= 0.6 is 0 Å². The van der Waals surface area contributed by atoms with Crippen molar-refractivity contribution < 1.29 is 19.0 Å². The lowest BCUT2D eigenvalue weighted by atomic mass is 10.1. The Labute approximate surface area is 187 Å². The molecule has 2 bridgehead atoms. The Kier molecular flexibility index (Phi) is 6.88. The van der Waals surface area contributed by atoms with Gasteiger partial charge in [-0.2, -0.15) is 5.26 Å². The Hall–Kier alpha value is -3.15. The second-order valence-corrected chi connectivity index (χ2v) is 8.50. The van der Waals surface area contributed by atoms with Gasteiger partial charge in [0.25, 0.3) is 0 Å². The minimum absolute atomic E-state index is 0.216. The Morgan fingerprint density at radius 2 is 1.81 bits per heavy atom.